The van der Waals surface area contributed by atoms with E-state index >= 15 is 0 Å². The van der Waals surface area contributed by atoms with E-state index in [0.717, 1.165) is 36.8 Å². The van der Waals surface area contributed by atoms with E-state index < -0.39 is 0 Å². The molecule has 0 atom stereocenters. The maximum atomic E-state index is 5.02. The summed E-state index contributed by atoms with van der Waals surface area (Å²) >= 11 is 0. The first kappa shape index (κ1) is 17.4. The van der Waals surface area contributed by atoms with Crippen molar-refractivity contribution in [2.75, 3.05) is 26.2 Å². The van der Waals surface area contributed by atoms with Crippen LogP contribution in [0.3, 0.4) is 0 Å². The Kier molecular flexibility index (Phi) is 6.63. The van der Waals surface area contributed by atoms with Gasteiger partial charge in [-0.1, -0.05) is 6.92 Å². The number of halogens is 1. The lowest BCUT2D eigenvalue weighted by Gasteiger charge is -2.33. The fraction of sp³-hybridized carbons (Fsp3) is 0.941. The van der Waals surface area contributed by atoms with E-state index in [4.69, 9.17) is 4.99 Å². The molecule has 122 valence electrons. The van der Waals surface area contributed by atoms with Gasteiger partial charge in [-0.15, -0.1) is 24.0 Å². The SMILES string of the molecule is CCNC(=NCC(C1CC1)C1CC1)N1CCC(C)CC1.I. The zero-order valence-corrected chi connectivity index (χ0v) is 16.0. The van der Waals surface area contributed by atoms with Gasteiger partial charge in [0.2, 0.25) is 0 Å². The number of nitrogens with one attached hydrogen (secondary N) is 1. The number of hydrogen-bond acceptors (Lipinski definition) is 1. The smallest absolute Gasteiger partial charge is 0.193 e. The number of hydrogen-bond donors (Lipinski definition) is 1. The van der Waals surface area contributed by atoms with Crippen LogP contribution in [0.25, 0.3) is 0 Å². The average Bonchev–Trinajstić information content (AvgIpc) is 3.32. The van der Waals surface area contributed by atoms with Gasteiger partial charge in [0.25, 0.3) is 0 Å². The van der Waals surface area contributed by atoms with Gasteiger partial charge in [-0.2, -0.15) is 0 Å². The fourth-order valence-corrected chi connectivity index (χ4v) is 3.57. The summed E-state index contributed by atoms with van der Waals surface area (Å²) in [6.07, 6.45) is 8.50. The molecule has 1 aliphatic heterocycles. The van der Waals surface area contributed by atoms with E-state index in [1.165, 1.54) is 57.6 Å². The minimum Gasteiger partial charge on any atom is -0.357 e. The number of likely N-dealkylation sites (tertiary alicyclic amines) is 1. The standard InChI is InChI=1S/C17H31N3.HI/c1-3-18-17(20-10-8-13(2)9-11-20)19-12-16(14-4-5-14)15-6-7-15;/h13-16H,3-12H2,1-2H3,(H,18,19);1H. The van der Waals surface area contributed by atoms with Gasteiger partial charge in [-0.3, -0.25) is 4.99 Å². The van der Waals surface area contributed by atoms with Crippen LogP contribution in [0.4, 0.5) is 0 Å². The molecule has 0 bridgehead atoms. The van der Waals surface area contributed by atoms with Gasteiger partial charge in [0.05, 0.1) is 0 Å². The third kappa shape index (κ3) is 5.00. The summed E-state index contributed by atoms with van der Waals surface area (Å²) in [4.78, 5) is 7.50. The van der Waals surface area contributed by atoms with Crippen LogP contribution in [0.15, 0.2) is 4.99 Å². The number of nitrogens with zero attached hydrogens (tertiary/aromatic N) is 2. The highest BCUT2D eigenvalue weighted by atomic mass is 127. The van der Waals surface area contributed by atoms with Gasteiger partial charge in [-0.05, 0) is 69.1 Å². The van der Waals surface area contributed by atoms with Crippen molar-refractivity contribution in [2.45, 2.75) is 52.4 Å². The normalized spacial score (nSPS) is 24.1. The van der Waals surface area contributed by atoms with Crippen molar-refractivity contribution >= 4 is 29.9 Å². The van der Waals surface area contributed by atoms with Crippen LogP contribution in [-0.2, 0) is 0 Å². The van der Waals surface area contributed by atoms with Crippen LogP contribution in [0, 0.1) is 23.7 Å². The highest BCUT2D eigenvalue weighted by Gasteiger charge is 2.41. The number of rotatable bonds is 5. The Balaban J connectivity index is 0.00000161. The zero-order valence-electron chi connectivity index (χ0n) is 13.7. The zero-order chi connectivity index (χ0) is 13.9. The predicted molar refractivity (Wildman–Crippen MR) is 100 cm³/mol. The van der Waals surface area contributed by atoms with E-state index in [2.05, 4.69) is 24.1 Å². The predicted octanol–water partition coefficient (Wildman–Crippen LogP) is 3.74. The van der Waals surface area contributed by atoms with Crippen molar-refractivity contribution in [3.63, 3.8) is 0 Å². The summed E-state index contributed by atoms with van der Waals surface area (Å²) in [5.74, 6) is 4.99. The molecule has 3 fully saturated rings. The Hall–Kier alpha value is 0. The van der Waals surface area contributed by atoms with Crippen LogP contribution < -0.4 is 5.32 Å². The highest BCUT2D eigenvalue weighted by molar-refractivity contribution is 14.0. The number of aliphatic imine (C=N–C) groups is 1. The maximum absolute atomic E-state index is 5.02. The Morgan fingerprint density at radius 2 is 1.67 bits per heavy atom. The molecule has 3 aliphatic rings. The minimum atomic E-state index is 0. The van der Waals surface area contributed by atoms with Crippen molar-refractivity contribution in [2.24, 2.45) is 28.7 Å². The van der Waals surface area contributed by atoms with Crippen molar-refractivity contribution in [1.82, 2.24) is 10.2 Å². The second kappa shape index (κ2) is 8.02. The first-order valence-electron chi connectivity index (χ1n) is 8.81. The molecular formula is C17H32IN3. The van der Waals surface area contributed by atoms with Crippen molar-refractivity contribution < 1.29 is 0 Å². The van der Waals surface area contributed by atoms with Crippen molar-refractivity contribution in [3.05, 3.63) is 0 Å². The molecule has 0 aromatic heterocycles. The summed E-state index contributed by atoms with van der Waals surface area (Å²) in [5.41, 5.74) is 0. The number of piperidine rings is 1. The van der Waals surface area contributed by atoms with Gasteiger partial charge in [0.15, 0.2) is 5.96 Å². The Morgan fingerprint density at radius 3 is 2.14 bits per heavy atom. The molecule has 1 saturated heterocycles. The van der Waals surface area contributed by atoms with E-state index in [9.17, 15) is 0 Å². The summed E-state index contributed by atoms with van der Waals surface area (Å²) in [5, 5.41) is 3.52. The summed E-state index contributed by atoms with van der Waals surface area (Å²) in [6.45, 7) is 8.99. The lowest BCUT2D eigenvalue weighted by atomic mass is 9.98. The average molecular weight is 405 g/mol. The van der Waals surface area contributed by atoms with Crippen molar-refractivity contribution in [3.8, 4) is 0 Å². The third-order valence-electron chi connectivity index (χ3n) is 5.32. The van der Waals surface area contributed by atoms with Crippen LogP contribution >= 0.6 is 24.0 Å². The Morgan fingerprint density at radius 1 is 1.10 bits per heavy atom. The van der Waals surface area contributed by atoms with Gasteiger partial charge in [0, 0.05) is 26.2 Å². The Labute approximate surface area is 147 Å². The largest absolute Gasteiger partial charge is 0.357 e. The van der Waals surface area contributed by atoms with Crippen LogP contribution in [0.2, 0.25) is 0 Å². The fourth-order valence-electron chi connectivity index (χ4n) is 3.57. The molecule has 0 aromatic rings. The molecule has 2 saturated carbocycles. The molecule has 2 aliphatic carbocycles. The molecule has 0 radical (unpaired) electrons. The number of guanidine groups is 1. The molecule has 0 amide bonds. The monoisotopic (exact) mass is 405 g/mol. The van der Waals surface area contributed by atoms with Gasteiger partial charge >= 0.3 is 0 Å². The van der Waals surface area contributed by atoms with E-state index in [0.29, 0.717) is 0 Å². The molecule has 21 heavy (non-hydrogen) atoms. The molecule has 3 nitrogen and oxygen atoms in total. The van der Waals surface area contributed by atoms with Crippen molar-refractivity contribution in [1.29, 1.82) is 0 Å². The lowest BCUT2D eigenvalue weighted by molar-refractivity contribution is 0.272. The summed E-state index contributed by atoms with van der Waals surface area (Å²) in [6, 6.07) is 0. The summed E-state index contributed by atoms with van der Waals surface area (Å²) in [7, 11) is 0. The molecule has 1 heterocycles. The van der Waals surface area contributed by atoms with Gasteiger partial charge in [-0.25, -0.2) is 0 Å². The van der Waals surface area contributed by atoms with Crippen LogP contribution in [0.1, 0.15) is 52.4 Å². The first-order valence-corrected chi connectivity index (χ1v) is 8.81. The molecule has 0 unspecified atom stereocenters. The van der Waals surface area contributed by atoms with Gasteiger partial charge < -0.3 is 10.2 Å². The minimum absolute atomic E-state index is 0. The van der Waals surface area contributed by atoms with E-state index in [1.54, 1.807) is 0 Å². The first-order chi connectivity index (χ1) is 9.78. The molecule has 0 spiro atoms. The maximum Gasteiger partial charge on any atom is 0.193 e. The molecular weight excluding hydrogens is 373 g/mol. The molecule has 3 rings (SSSR count). The molecule has 4 heteroatoms. The van der Waals surface area contributed by atoms with E-state index in [1.807, 2.05) is 0 Å². The third-order valence-corrected chi connectivity index (χ3v) is 5.32. The molecule has 0 aromatic carbocycles. The topological polar surface area (TPSA) is 27.6 Å². The lowest BCUT2D eigenvalue weighted by Crippen LogP contribution is -2.45. The Bertz CT molecular complexity index is 330. The van der Waals surface area contributed by atoms with Crippen LogP contribution in [0.5, 0.6) is 0 Å². The second-order valence-electron chi connectivity index (χ2n) is 7.20. The second-order valence-corrected chi connectivity index (χ2v) is 7.20. The highest BCUT2D eigenvalue weighted by Crippen LogP contribution is 2.49. The van der Waals surface area contributed by atoms with Crippen LogP contribution in [-0.4, -0.2) is 37.0 Å². The van der Waals surface area contributed by atoms with Gasteiger partial charge in [0.1, 0.15) is 0 Å². The summed E-state index contributed by atoms with van der Waals surface area (Å²) < 4.78 is 0. The quantitative estimate of drug-likeness (QED) is 0.429. The van der Waals surface area contributed by atoms with E-state index in [-0.39, 0.29) is 24.0 Å². The molecule has 1 N–H and O–H groups in total.